The quantitative estimate of drug-likeness (QED) is 0.464. The Morgan fingerprint density at radius 2 is 1.62 bits per heavy atom. The Labute approximate surface area is 151 Å². The number of hydrogen-bond donors (Lipinski definition) is 2. The minimum absolute atomic E-state index is 0.816. The number of rotatable bonds is 5. The number of hydrogen-bond acceptors (Lipinski definition) is 5. The summed E-state index contributed by atoms with van der Waals surface area (Å²) in [5, 5.41) is 15.6. The van der Waals surface area contributed by atoms with Gasteiger partial charge in [-0.3, -0.25) is 0 Å². The molecular weight excluding hydrogens is 352 g/mol. The molecule has 0 saturated carbocycles. The van der Waals surface area contributed by atoms with Gasteiger partial charge < -0.3 is 20.0 Å². The maximum atomic E-state index is 9.10. The predicted molar refractivity (Wildman–Crippen MR) is 96.0 cm³/mol. The third kappa shape index (κ3) is 9.12. The zero-order chi connectivity index (χ0) is 17.9. The van der Waals surface area contributed by atoms with E-state index in [0.29, 0.717) is 0 Å². The van der Waals surface area contributed by atoms with Crippen molar-refractivity contribution in [3.8, 4) is 0 Å². The number of benzene rings is 1. The van der Waals surface area contributed by atoms with Crippen molar-refractivity contribution in [2.24, 2.45) is 0 Å². The summed E-state index contributed by atoms with van der Waals surface area (Å²) in [4.78, 5) is 24.5. The summed E-state index contributed by atoms with van der Waals surface area (Å²) in [6.45, 7) is 6.10. The molecular formula is C16H23ClN2O4S. The first-order valence-corrected chi connectivity index (χ1v) is 9.00. The second kappa shape index (κ2) is 11.3. The molecule has 8 heteroatoms. The van der Waals surface area contributed by atoms with E-state index in [1.165, 1.54) is 49.8 Å². The van der Waals surface area contributed by atoms with Crippen LogP contribution in [0.4, 0.5) is 0 Å². The molecule has 1 aliphatic rings. The van der Waals surface area contributed by atoms with Gasteiger partial charge in [0.25, 0.3) is 0 Å². The van der Waals surface area contributed by atoms with E-state index >= 15 is 0 Å². The molecule has 1 saturated heterocycles. The molecule has 2 rings (SSSR count). The molecule has 0 amide bonds. The monoisotopic (exact) mass is 374 g/mol. The highest BCUT2D eigenvalue weighted by molar-refractivity contribution is 7.99. The lowest BCUT2D eigenvalue weighted by Crippen LogP contribution is -2.44. The lowest BCUT2D eigenvalue weighted by atomic mass is 10.3. The summed E-state index contributed by atoms with van der Waals surface area (Å²) in [6.07, 6.45) is 1.26. The summed E-state index contributed by atoms with van der Waals surface area (Å²) in [7, 11) is 2.20. The highest BCUT2D eigenvalue weighted by Crippen LogP contribution is 2.21. The molecule has 1 aromatic rings. The first-order chi connectivity index (χ1) is 11.4. The number of likely N-dealkylation sites (N-methyl/N-ethyl adjacent to an activating group) is 1. The van der Waals surface area contributed by atoms with Gasteiger partial charge in [0.15, 0.2) is 0 Å². The smallest absolute Gasteiger partial charge is 0.414 e. The van der Waals surface area contributed by atoms with Crippen LogP contribution in [0, 0.1) is 0 Å². The molecule has 0 atom stereocenters. The van der Waals surface area contributed by atoms with E-state index in [0.717, 1.165) is 5.02 Å². The average molecular weight is 375 g/mol. The second-order valence-electron chi connectivity index (χ2n) is 5.41. The van der Waals surface area contributed by atoms with Crippen LogP contribution in [0.15, 0.2) is 29.2 Å². The molecule has 1 fully saturated rings. The van der Waals surface area contributed by atoms with Crippen LogP contribution < -0.4 is 0 Å². The minimum Gasteiger partial charge on any atom is -0.473 e. The maximum absolute atomic E-state index is 9.10. The Balaban J connectivity index is 0.000000413. The Kier molecular flexibility index (Phi) is 9.78. The van der Waals surface area contributed by atoms with E-state index in [1.807, 2.05) is 23.9 Å². The zero-order valence-electron chi connectivity index (χ0n) is 13.7. The van der Waals surface area contributed by atoms with E-state index < -0.39 is 11.9 Å². The lowest BCUT2D eigenvalue weighted by molar-refractivity contribution is -0.159. The van der Waals surface area contributed by atoms with Crippen LogP contribution in [0.1, 0.15) is 6.42 Å². The van der Waals surface area contributed by atoms with Crippen LogP contribution in [-0.2, 0) is 9.59 Å². The number of nitrogens with zero attached hydrogens (tertiary/aromatic N) is 2. The molecule has 0 spiro atoms. The van der Waals surface area contributed by atoms with Crippen LogP contribution in [0.2, 0.25) is 5.02 Å². The predicted octanol–water partition coefficient (Wildman–Crippen LogP) is 2.23. The number of piperazine rings is 1. The molecule has 0 radical (unpaired) electrons. The molecule has 1 aliphatic heterocycles. The van der Waals surface area contributed by atoms with Gasteiger partial charge in [-0.1, -0.05) is 11.6 Å². The molecule has 24 heavy (non-hydrogen) atoms. The fraction of sp³-hybridized carbons (Fsp3) is 0.500. The average Bonchev–Trinajstić information content (AvgIpc) is 2.55. The van der Waals surface area contributed by atoms with Gasteiger partial charge in [0.05, 0.1) is 0 Å². The summed E-state index contributed by atoms with van der Waals surface area (Å²) in [6, 6.07) is 8.13. The van der Waals surface area contributed by atoms with E-state index in [1.54, 1.807) is 0 Å². The maximum Gasteiger partial charge on any atom is 0.414 e. The molecule has 0 bridgehead atoms. The van der Waals surface area contributed by atoms with Gasteiger partial charge in [-0.25, -0.2) is 9.59 Å². The molecule has 134 valence electrons. The van der Waals surface area contributed by atoms with Crippen molar-refractivity contribution in [1.29, 1.82) is 0 Å². The van der Waals surface area contributed by atoms with Crippen LogP contribution in [0.5, 0.6) is 0 Å². The Morgan fingerprint density at radius 3 is 2.12 bits per heavy atom. The summed E-state index contributed by atoms with van der Waals surface area (Å²) >= 11 is 7.79. The fourth-order valence-corrected chi connectivity index (χ4v) is 3.04. The number of thioether (sulfide) groups is 1. The topological polar surface area (TPSA) is 81.1 Å². The largest absolute Gasteiger partial charge is 0.473 e. The van der Waals surface area contributed by atoms with Crippen molar-refractivity contribution in [2.75, 3.05) is 45.5 Å². The number of aliphatic carboxylic acids is 2. The fourth-order valence-electron chi connectivity index (χ4n) is 2.08. The summed E-state index contributed by atoms with van der Waals surface area (Å²) in [5.41, 5.74) is 0. The van der Waals surface area contributed by atoms with Crippen molar-refractivity contribution < 1.29 is 19.8 Å². The van der Waals surface area contributed by atoms with Gasteiger partial charge in [0.1, 0.15) is 0 Å². The third-order valence-electron chi connectivity index (χ3n) is 3.48. The lowest BCUT2D eigenvalue weighted by Gasteiger charge is -2.32. The number of halogens is 1. The molecule has 1 aromatic carbocycles. The first kappa shape index (κ1) is 20.8. The zero-order valence-corrected chi connectivity index (χ0v) is 15.2. The van der Waals surface area contributed by atoms with Gasteiger partial charge in [-0.15, -0.1) is 11.8 Å². The van der Waals surface area contributed by atoms with E-state index in [-0.39, 0.29) is 0 Å². The number of carboxylic acid groups (broad SMARTS) is 2. The minimum atomic E-state index is -1.82. The molecule has 2 N–H and O–H groups in total. The van der Waals surface area contributed by atoms with Crippen molar-refractivity contribution in [1.82, 2.24) is 9.80 Å². The number of carboxylic acids is 2. The molecule has 0 aromatic heterocycles. The summed E-state index contributed by atoms with van der Waals surface area (Å²) < 4.78 is 0. The molecule has 1 heterocycles. The van der Waals surface area contributed by atoms with Crippen LogP contribution >= 0.6 is 23.4 Å². The van der Waals surface area contributed by atoms with Crippen LogP contribution in [-0.4, -0.2) is 77.5 Å². The highest BCUT2D eigenvalue weighted by Gasteiger charge is 2.12. The Hall–Kier alpha value is -1.28. The van der Waals surface area contributed by atoms with E-state index in [4.69, 9.17) is 31.4 Å². The van der Waals surface area contributed by atoms with Crippen LogP contribution in [0.25, 0.3) is 0 Å². The molecule has 0 aliphatic carbocycles. The van der Waals surface area contributed by atoms with Gasteiger partial charge in [-0.2, -0.15) is 0 Å². The number of carbonyl (C=O) groups is 2. The van der Waals surface area contributed by atoms with E-state index in [2.05, 4.69) is 29.0 Å². The molecule has 0 unspecified atom stereocenters. The van der Waals surface area contributed by atoms with Gasteiger partial charge in [0.2, 0.25) is 0 Å². The highest BCUT2D eigenvalue weighted by atomic mass is 35.5. The molecule has 6 nitrogen and oxygen atoms in total. The van der Waals surface area contributed by atoms with Crippen molar-refractivity contribution in [3.63, 3.8) is 0 Å². The van der Waals surface area contributed by atoms with Gasteiger partial charge in [0, 0.05) is 36.1 Å². The standard InChI is InChI=1S/C14H21ClN2S.C2H2O4/c1-16-8-10-17(11-9-16)7-2-12-18-14-5-3-13(15)4-6-14;3-1(4)2(5)6/h3-6H,2,7-12H2,1H3;(H,3,4)(H,5,6). The Bertz CT molecular complexity index is 507. The van der Waals surface area contributed by atoms with E-state index in [9.17, 15) is 0 Å². The second-order valence-corrected chi connectivity index (χ2v) is 7.02. The van der Waals surface area contributed by atoms with Crippen LogP contribution in [0.3, 0.4) is 0 Å². The van der Waals surface area contributed by atoms with Gasteiger partial charge in [-0.05, 0) is 50.0 Å². The SMILES string of the molecule is CN1CCN(CCCSc2ccc(Cl)cc2)CC1.O=C(O)C(=O)O. The Morgan fingerprint density at radius 1 is 1.08 bits per heavy atom. The van der Waals surface area contributed by atoms with Crippen molar-refractivity contribution >= 4 is 35.3 Å². The third-order valence-corrected chi connectivity index (χ3v) is 4.83. The van der Waals surface area contributed by atoms with Gasteiger partial charge >= 0.3 is 11.9 Å². The van der Waals surface area contributed by atoms with Crippen molar-refractivity contribution in [3.05, 3.63) is 29.3 Å². The van der Waals surface area contributed by atoms with Crippen molar-refractivity contribution in [2.45, 2.75) is 11.3 Å². The normalized spacial score (nSPS) is 15.4. The first-order valence-electron chi connectivity index (χ1n) is 7.64. The summed E-state index contributed by atoms with van der Waals surface area (Å²) in [5.74, 6) is -2.46.